The van der Waals surface area contributed by atoms with Gasteiger partial charge in [0.05, 0.1) is 11.0 Å². The van der Waals surface area contributed by atoms with Gasteiger partial charge in [-0.3, -0.25) is 9.00 Å². The first-order valence-corrected chi connectivity index (χ1v) is 6.29. The fourth-order valence-corrected chi connectivity index (χ4v) is 3.72. The molecular weight excluding hydrogens is 234 g/mol. The Hall–Kier alpha value is -1.24. The van der Waals surface area contributed by atoms with E-state index in [4.69, 9.17) is 5.11 Å². The zero-order chi connectivity index (χ0) is 11.9. The lowest BCUT2D eigenvalue weighted by atomic mass is 10.0. The predicted octanol–water partition coefficient (Wildman–Crippen LogP) is -1.24. The van der Waals surface area contributed by atoms with Crippen LogP contribution in [0.1, 0.15) is 12.8 Å². The maximum atomic E-state index is 11.7. The molecule has 16 heavy (non-hydrogen) atoms. The fourth-order valence-electron chi connectivity index (χ4n) is 2.37. The lowest BCUT2D eigenvalue weighted by Gasteiger charge is -2.37. The van der Waals surface area contributed by atoms with Gasteiger partial charge < -0.3 is 14.8 Å². The van der Waals surface area contributed by atoms with Gasteiger partial charge in [0.1, 0.15) is 12.3 Å². The van der Waals surface area contributed by atoms with Crippen LogP contribution < -0.4 is 0 Å². The summed E-state index contributed by atoms with van der Waals surface area (Å²) in [5.74, 6) is -1.51. The van der Waals surface area contributed by atoms with Gasteiger partial charge in [0.2, 0.25) is 5.91 Å². The molecule has 0 aromatic carbocycles. The number of carbonyl (C=O) groups excluding carboxylic acids is 2. The van der Waals surface area contributed by atoms with Crippen molar-refractivity contribution in [3.63, 3.8) is 0 Å². The first kappa shape index (κ1) is 11.3. The molecule has 0 aliphatic carbocycles. The van der Waals surface area contributed by atoms with Crippen LogP contribution in [0.2, 0.25) is 0 Å². The van der Waals surface area contributed by atoms with Gasteiger partial charge in [-0.2, -0.15) is 0 Å². The minimum atomic E-state index is -1.51. The first-order chi connectivity index (χ1) is 7.56. The van der Waals surface area contributed by atoms with Crippen LogP contribution in [0.4, 0.5) is 0 Å². The minimum Gasteiger partial charge on any atom is -0.480 e. The smallest absolute Gasteiger partial charge is 0.327 e. The molecule has 4 atom stereocenters. The van der Waals surface area contributed by atoms with Crippen LogP contribution in [0.25, 0.3) is 0 Å². The Morgan fingerprint density at radius 2 is 2.31 bits per heavy atom. The number of fused-ring (bicyclic) bond motifs is 1. The van der Waals surface area contributed by atoms with E-state index in [0.29, 0.717) is 19.1 Å². The normalized spacial score (nSPS) is 34.1. The third kappa shape index (κ3) is 1.55. The lowest BCUT2D eigenvalue weighted by molar-refractivity contribution is -0.156. The van der Waals surface area contributed by atoms with Crippen LogP contribution in [0.5, 0.6) is 0 Å². The quantitative estimate of drug-likeness (QED) is 0.494. The number of aldehydes is 1. The molecule has 2 rings (SSSR count). The molecule has 0 spiro atoms. The van der Waals surface area contributed by atoms with Gasteiger partial charge in [0.25, 0.3) is 0 Å². The second-order valence-corrected chi connectivity index (χ2v) is 5.63. The molecule has 7 heteroatoms. The summed E-state index contributed by atoms with van der Waals surface area (Å²) in [6.45, 7) is 0. The number of hydrogen-bond donors (Lipinski definition) is 1. The molecule has 2 aliphatic rings. The number of carboxylic acids is 1. The molecule has 0 saturated carbocycles. The summed E-state index contributed by atoms with van der Waals surface area (Å²) in [4.78, 5) is 33.8. The lowest BCUT2D eigenvalue weighted by Crippen LogP contribution is -2.55. The average molecular weight is 245 g/mol. The van der Waals surface area contributed by atoms with E-state index in [1.807, 2.05) is 0 Å². The molecule has 0 bridgehead atoms. The summed E-state index contributed by atoms with van der Waals surface area (Å²) in [7, 11) is -1.51. The highest BCUT2D eigenvalue weighted by molar-refractivity contribution is 7.86. The van der Waals surface area contributed by atoms with Crippen LogP contribution in [0.15, 0.2) is 0 Å². The van der Waals surface area contributed by atoms with Crippen LogP contribution in [-0.4, -0.2) is 55.5 Å². The van der Waals surface area contributed by atoms with Crippen LogP contribution in [0.3, 0.4) is 0 Å². The molecule has 1 N–H and O–H groups in total. The molecule has 1 amide bonds. The van der Waals surface area contributed by atoms with Crippen LogP contribution in [-0.2, 0) is 25.2 Å². The van der Waals surface area contributed by atoms with Crippen molar-refractivity contribution in [2.75, 3.05) is 5.75 Å². The minimum absolute atomic E-state index is 0.103. The second-order valence-electron chi connectivity index (χ2n) is 3.93. The van der Waals surface area contributed by atoms with Crippen molar-refractivity contribution in [1.82, 2.24) is 4.90 Å². The number of nitrogens with zero attached hydrogens (tertiary/aromatic N) is 1. The largest absolute Gasteiger partial charge is 0.480 e. The Bertz CT molecular complexity index is 382. The van der Waals surface area contributed by atoms with Crippen LogP contribution in [0, 0.1) is 0 Å². The van der Waals surface area contributed by atoms with Gasteiger partial charge in [-0.1, -0.05) is 0 Å². The van der Waals surface area contributed by atoms with E-state index in [2.05, 4.69) is 0 Å². The molecule has 2 heterocycles. The van der Waals surface area contributed by atoms with Crippen molar-refractivity contribution in [3.05, 3.63) is 0 Å². The van der Waals surface area contributed by atoms with Crippen molar-refractivity contribution in [1.29, 1.82) is 0 Å². The Kier molecular flexibility index (Phi) is 2.79. The van der Waals surface area contributed by atoms with Gasteiger partial charge in [-0.05, 0) is 6.42 Å². The molecule has 6 nitrogen and oxygen atoms in total. The van der Waals surface area contributed by atoms with Crippen molar-refractivity contribution in [3.8, 4) is 0 Å². The van der Waals surface area contributed by atoms with Gasteiger partial charge >= 0.3 is 5.97 Å². The Labute approximate surface area is 94.1 Å². The summed E-state index contributed by atoms with van der Waals surface area (Å²) in [5.41, 5.74) is 0. The summed E-state index contributed by atoms with van der Waals surface area (Å²) < 4.78 is 11.7. The molecule has 2 fully saturated rings. The molecule has 88 valence electrons. The van der Waals surface area contributed by atoms with Gasteiger partial charge in [-0.15, -0.1) is 0 Å². The fraction of sp³-hybridized carbons (Fsp3) is 0.667. The molecule has 2 aliphatic heterocycles. The standard InChI is InChI=1S/C9H11NO5S/c11-1-2-16(15)6-3-5-4-7(12)10(5)8(6)9(13)14/h1,5-6,8H,2-4H2,(H,13,14). The number of β-lactam (4-membered cyclic amide) rings is 1. The number of hydrogen-bond acceptors (Lipinski definition) is 4. The zero-order valence-electron chi connectivity index (χ0n) is 8.37. The van der Waals surface area contributed by atoms with Crippen LogP contribution >= 0.6 is 0 Å². The van der Waals surface area contributed by atoms with Gasteiger partial charge in [0.15, 0.2) is 0 Å². The monoisotopic (exact) mass is 245 g/mol. The van der Waals surface area contributed by atoms with E-state index in [9.17, 15) is 18.6 Å². The van der Waals surface area contributed by atoms with Crippen molar-refractivity contribution in [2.24, 2.45) is 0 Å². The molecule has 0 radical (unpaired) electrons. The highest BCUT2D eigenvalue weighted by atomic mass is 32.2. The van der Waals surface area contributed by atoms with E-state index in [-0.39, 0.29) is 17.7 Å². The Morgan fingerprint density at radius 3 is 2.81 bits per heavy atom. The van der Waals surface area contributed by atoms with Gasteiger partial charge in [-0.25, -0.2) is 4.79 Å². The van der Waals surface area contributed by atoms with Gasteiger partial charge in [0, 0.05) is 23.3 Å². The maximum Gasteiger partial charge on any atom is 0.327 e. The van der Waals surface area contributed by atoms with Crippen molar-refractivity contribution < 1.29 is 23.7 Å². The predicted molar refractivity (Wildman–Crippen MR) is 54.2 cm³/mol. The number of carboxylic acid groups (broad SMARTS) is 1. The summed E-state index contributed by atoms with van der Waals surface area (Å²) >= 11 is 0. The summed E-state index contributed by atoms with van der Waals surface area (Å²) in [5, 5.41) is 8.41. The molecule has 2 saturated heterocycles. The second kappa shape index (κ2) is 3.97. The third-order valence-electron chi connectivity index (χ3n) is 3.07. The maximum absolute atomic E-state index is 11.7. The number of aliphatic carboxylic acids is 1. The Morgan fingerprint density at radius 1 is 1.62 bits per heavy atom. The van der Waals surface area contributed by atoms with E-state index in [1.54, 1.807) is 0 Å². The zero-order valence-corrected chi connectivity index (χ0v) is 9.18. The average Bonchev–Trinajstić information content (AvgIpc) is 2.51. The summed E-state index contributed by atoms with van der Waals surface area (Å²) in [6.07, 6.45) is 1.27. The van der Waals surface area contributed by atoms with E-state index in [1.165, 1.54) is 4.90 Å². The Balaban J connectivity index is 2.19. The first-order valence-electron chi connectivity index (χ1n) is 4.91. The topological polar surface area (TPSA) is 91.8 Å². The molecule has 0 aromatic rings. The van der Waals surface area contributed by atoms with Crippen molar-refractivity contribution in [2.45, 2.75) is 30.2 Å². The van der Waals surface area contributed by atoms with E-state index in [0.717, 1.165) is 0 Å². The highest BCUT2D eigenvalue weighted by Gasteiger charge is 2.55. The number of amides is 1. The molecule has 0 aromatic heterocycles. The van der Waals surface area contributed by atoms with E-state index < -0.39 is 28.1 Å². The summed E-state index contributed by atoms with van der Waals surface area (Å²) in [6, 6.07) is -1.12. The number of rotatable bonds is 4. The molecular formula is C9H11NO5S. The third-order valence-corrected chi connectivity index (χ3v) is 4.66. The SMILES string of the molecule is O=CCS(=O)C1CC2CC(=O)N2C1C(=O)O. The number of carbonyl (C=O) groups is 3. The van der Waals surface area contributed by atoms with E-state index >= 15 is 0 Å². The molecule has 4 unspecified atom stereocenters. The van der Waals surface area contributed by atoms with Crippen molar-refractivity contribution >= 4 is 29.0 Å². The highest BCUT2D eigenvalue weighted by Crippen LogP contribution is 2.37.